The summed E-state index contributed by atoms with van der Waals surface area (Å²) in [4.78, 5) is 11.3. The van der Waals surface area contributed by atoms with Gasteiger partial charge >= 0.3 is 6.09 Å². The average molecular weight is 218 g/mol. The van der Waals surface area contributed by atoms with Gasteiger partial charge in [0.25, 0.3) is 0 Å². The Morgan fingerprint density at radius 1 is 1.44 bits per heavy atom. The molecule has 1 N–H and O–H groups in total. The molecule has 0 radical (unpaired) electrons. The van der Waals surface area contributed by atoms with Crippen LogP contribution >= 0.6 is 0 Å². The van der Waals surface area contributed by atoms with Gasteiger partial charge in [0.05, 0.1) is 6.07 Å². The van der Waals surface area contributed by atoms with Crippen LogP contribution in [-0.2, 0) is 11.3 Å². The van der Waals surface area contributed by atoms with Gasteiger partial charge in [0, 0.05) is 0 Å². The first-order valence-corrected chi connectivity index (χ1v) is 4.93. The Kier molecular flexibility index (Phi) is 3.90. The van der Waals surface area contributed by atoms with Crippen LogP contribution in [0.3, 0.4) is 0 Å². The number of nitriles is 1. The summed E-state index contributed by atoms with van der Waals surface area (Å²) in [6.45, 7) is 3.42. The maximum absolute atomic E-state index is 11.3. The molecule has 1 amide bonds. The Morgan fingerprint density at radius 2 is 2.06 bits per heavy atom. The first-order valence-electron chi connectivity index (χ1n) is 4.93. The molecule has 4 heteroatoms. The zero-order valence-corrected chi connectivity index (χ0v) is 9.36. The normalized spacial score (nSPS) is 10.3. The van der Waals surface area contributed by atoms with E-state index in [1.54, 1.807) is 13.8 Å². The number of nitrogens with one attached hydrogen (secondary N) is 1. The second kappa shape index (κ2) is 5.17. The minimum Gasteiger partial charge on any atom is -0.445 e. The van der Waals surface area contributed by atoms with E-state index in [4.69, 9.17) is 10.00 Å². The van der Waals surface area contributed by atoms with Gasteiger partial charge in [0.2, 0.25) is 0 Å². The van der Waals surface area contributed by atoms with E-state index in [1.165, 1.54) is 0 Å². The van der Waals surface area contributed by atoms with Crippen LogP contribution in [-0.4, -0.2) is 11.6 Å². The fraction of sp³-hybridized carbons (Fsp3) is 0.333. The van der Waals surface area contributed by atoms with Crippen LogP contribution in [0.5, 0.6) is 0 Å². The predicted octanol–water partition coefficient (Wildman–Crippen LogP) is 2.21. The van der Waals surface area contributed by atoms with Gasteiger partial charge < -0.3 is 10.1 Å². The van der Waals surface area contributed by atoms with Crippen LogP contribution in [0, 0.1) is 11.3 Å². The predicted molar refractivity (Wildman–Crippen MR) is 59.5 cm³/mol. The maximum atomic E-state index is 11.3. The van der Waals surface area contributed by atoms with Crippen molar-refractivity contribution >= 4 is 6.09 Å². The van der Waals surface area contributed by atoms with Crippen molar-refractivity contribution in [3.8, 4) is 6.07 Å². The van der Waals surface area contributed by atoms with Crippen molar-refractivity contribution in [3.05, 3.63) is 35.9 Å². The number of ether oxygens (including phenoxy) is 1. The highest BCUT2D eigenvalue weighted by Gasteiger charge is 2.19. The van der Waals surface area contributed by atoms with Gasteiger partial charge in [-0.1, -0.05) is 30.3 Å². The fourth-order valence-corrected chi connectivity index (χ4v) is 1.04. The molecule has 1 rings (SSSR count). The molecule has 0 aliphatic rings. The smallest absolute Gasteiger partial charge is 0.408 e. The van der Waals surface area contributed by atoms with Crippen molar-refractivity contribution in [3.63, 3.8) is 0 Å². The lowest BCUT2D eigenvalue weighted by Crippen LogP contribution is -2.42. The first kappa shape index (κ1) is 12.1. The summed E-state index contributed by atoms with van der Waals surface area (Å²) < 4.78 is 4.96. The topological polar surface area (TPSA) is 62.1 Å². The Balaban J connectivity index is 2.40. The lowest BCUT2D eigenvalue weighted by Gasteiger charge is -2.16. The third-order valence-corrected chi connectivity index (χ3v) is 1.91. The molecule has 16 heavy (non-hydrogen) atoms. The quantitative estimate of drug-likeness (QED) is 0.846. The molecule has 0 aliphatic heterocycles. The number of nitrogens with zero attached hydrogens (tertiary/aromatic N) is 1. The van der Waals surface area contributed by atoms with E-state index >= 15 is 0 Å². The molecule has 0 fully saturated rings. The van der Waals surface area contributed by atoms with Crippen molar-refractivity contribution in [1.29, 1.82) is 5.26 Å². The number of rotatable bonds is 3. The number of carbonyl (C=O) groups is 1. The van der Waals surface area contributed by atoms with E-state index < -0.39 is 11.6 Å². The van der Waals surface area contributed by atoms with Crippen molar-refractivity contribution in [2.24, 2.45) is 0 Å². The summed E-state index contributed by atoms with van der Waals surface area (Å²) in [5, 5.41) is 11.2. The van der Waals surface area contributed by atoms with Crippen LogP contribution in [0.25, 0.3) is 0 Å². The van der Waals surface area contributed by atoms with E-state index in [0.717, 1.165) is 5.56 Å². The molecule has 1 aromatic rings. The van der Waals surface area contributed by atoms with Gasteiger partial charge in [-0.25, -0.2) is 4.79 Å². The second-order valence-electron chi connectivity index (χ2n) is 3.92. The lowest BCUT2D eigenvalue weighted by molar-refractivity contribution is 0.133. The third kappa shape index (κ3) is 4.01. The molecule has 0 saturated carbocycles. The lowest BCUT2D eigenvalue weighted by atomic mass is 10.1. The molecule has 0 heterocycles. The monoisotopic (exact) mass is 218 g/mol. The molecular weight excluding hydrogens is 204 g/mol. The van der Waals surface area contributed by atoms with Crippen LogP contribution < -0.4 is 5.32 Å². The van der Waals surface area contributed by atoms with Crippen LogP contribution in [0.1, 0.15) is 19.4 Å². The Bertz CT molecular complexity index is 393. The summed E-state index contributed by atoms with van der Waals surface area (Å²) in [6, 6.07) is 11.3. The number of hydrogen-bond acceptors (Lipinski definition) is 3. The zero-order valence-electron chi connectivity index (χ0n) is 9.36. The molecule has 0 atom stereocenters. The average Bonchev–Trinajstić information content (AvgIpc) is 2.27. The van der Waals surface area contributed by atoms with E-state index in [2.05, 4.69) is 5.32 Å². The van der Waals surface area contributed by atoms with Gasteiger partial charge in [0.15, 0.2) is 0 Å². The fourth-order valence-electron chi connectivity index (χ4n) is 1.04. The number of alkyl carbamates (subject to hydrolysis) is 1. The van der Waals surface area contributed by atoms with Gasteiger partial charge in [-0.2, -0.15) is 5.26 Å². The highest BCUT2D eigenvalue weighted by atomic mass is 16.5. The number of hydrogen-bond donors (Lipinski definition) is 1. The summed E-state index contributed by atoms with van der Waals surface area (Å²) >= 11 is 0. The highest BCUT2D eigenvalue weighted by molar-refractivity contribution is 5.68. The van der Waals surface area contributed by atoms with Gasteiger partial charge in [-0.3, -0.25) is 0 Å². The molecule has 0 bridgehead atoms. The molecule has 1 aromatic carbocycles. The van der Waals surface area contributed by atoms with Gasteiger partial charge in [0.1, 0.15) is 12.1 Å². The maximum Gasteiger partial charge on any atom is 0.408 e. The SMILES string of the molecule is CC(C)(C#N)NC(=O)OCc1ccccc1. The largest absolute Gasteiger partial charge is 0.445 e. The molecule has 0 aromatic heterocycles. The van der Waals surface area contributed by atoms with Crippen molar-refractivity contribution in [2.75, 3.05) is 0 Å². The van der Waals surface area contributed by atoms with Gasteiger partial charge in [-0.15, -0.1) is 0 Å². The van der Waals surface area contributed by atoms with E-state index in [9.17, 15) is 4.79 Å². The Labute approximate surface area is 94.8 Å². The van der Waals surface area contributed by atoms with E-state index in [1.807, 2.05) is 36.4 Å². The van der Waals surface area contributed by atoms with Crippen LogP contribution in [0.2, 0.25) is 0 Å². The van der Waals surface area contributed by atoms with Crippen molar-refractivity contribution in [2.45, 2.75) is 26.0 Å². The summed E-state index contributed by atoms with van der Waals surface area (Å²) in [7, 11) is 0. The first-order chi connectivity index (χ1) is 7.53. The molecule has 0 aliphatic carbocycles. The third-order valence-electron chi connectivity index (χ3n) is 1.91. The minimum absolute atomic E-state index is 0.203. The summed E-state index contributed by atoms with van der Waals surface area (Å²) in [5.41, 5.74) is 0.000685. The molecule has 0 spiro atoms. The molecule has 0 saturated heterocycles. The number of benzene rings is 1. The molecule has 84 valence electrons. The highest BCUT2D eigenvalue weighted by Crippen LogP contribution is 2.03. The van der Waals surface area contributed by atoms with Crippen molar-refractivity contribution in [1.82, 2.24) is 5.32 Å². The number of carbonyl (C=O) groups excluding carboxylic acids is 1. The van der Waals surface area contributed by atoms with Gasteiger partial charge in [-0.05, 0) is 19.4 Å². The number of amides is 1. The van der Waals surface area contributed by atoms with Crippen LogP contribution in [0.4, 0.5) is 4.79 Å². The molecule has 4 nitrogen and oxygen atoms in total. The summed E-state index contributed by atoms with van der Waals surface area (Å²) in [5.74, 6) is 0. The van der Waals surface area contributed by atoms with E-state index in [0.29, 0.717) is 0 Å². The van der Waals surface area contributed by atoms with Crippen LogP contribution in [0.15, 0.2) is 30.3 Å². The Morgan fingerprint density at radius 3 is 2.62 bits per heavy atom. The standard InChI is InChI=1S/C12H14N2O2/c1-12(2,9-13)14-11(15)16-8-10-6-4-3-5-7-10/h3-7H,8H2,1-2H3,(H,14,15). The molecule has 0 unspecified atom stereocenters. The zero-order chi connectivity index (χ0) is 12.0. The minimum atomic E-state index is -0.909. The molecular formula is C12H14N2O2. The Hall–Kier alpha value is -2.02. The van der Waals surface area contributed by atoms with E-state index in [-0.39, 0.29) is 6.61 Å². The summed E-state index contributed by atoms with van der Waals surface area (Å²) in [6.07, 6.45) is -0.588. The van der Waals surface area contributed by atoms with Crippen molar-refractivity contribution < 1.29 is 9.53 Å². The second-order valence-corrected chi connectivity index (χ2v) is 3.92.